The summed E-state index contributed by atoms with van der Waals surface area (Å²) in [6.45, 7) is 1.40. The fraction of sp³-hybridized carbons (Fsp3) is 0.278. The van der Waals surface area contributed by atoms with Crippen molar-refractivity contribution in [1.29, 1.82) is 0 Å². The third kappa shape index (κ3) is 2.12. The van der Waals surface area contributed by atoms with Crippen LogP contribution in [0.2, 0.25) is 0 Å². The Balaban J connectivity index is 1.83. The molecule has 7 nitrogen and oxygen atoms in total. The summed E-state index contributed by atoms with van der Waals surface area (Å²) in [6, 6.07) is 4.23. The predicted molar refractivity (Wildman–Crippen MR) is 94.9 cm³/mol. The van der Waals surface area contributed by atoms with Gasteiger partial charge in [0.25, 0.3) is 11.6 Å². The minimum absolute atomic E-state index is 0.170. The summed E-state index contributed by atoms with van der Waals surface area (Å²) in [5, 5.41) is 12.6. The highest BCUT2D eigenvalue weighted by Gasteiger charge is 2.23. The lowest BCUT2D eigenvalue weighted by Gasteiger charge is -2.27. The van der Waals surface area contributed by atoms with Crippen molar-refractivity contribution in [2.75, 3.05) is 18.0 Å². The maximum Gasteiger partial charge on any atom is 0.298 e. The average molecular weight is 336 g/mol. The number of fused-ring (bicyclic) bond motifs is 6. The van der Waals surface area contributed by atoms with Crippen LogP contribution in [-0.4, -0.2) is 39.3 Å². The summed E-state index contributed by atoms with van der Waals surface area (Å²) in [6.07, 6.45) is 6.14. The van der Waals surface area contributed by atoms with Crippen molar-refractivity contribution in [1.82, 2.24) is 15.0 Å². The fourth-order valence-corrected chi connectivity index (χ4v) is 3.60. The second-order valence-electron chi connectivity index (χ2n) is 6.41. The lowest BCUT2D eigenvalue weighted by molar-refractivity contribution is 0.144. The molecule has 1 aliphatic rings. The van der Waals surface area contributed by atoms with Gasteiger partial charge in [0.1, 0.15) is 5.52 Å². The number of aliphatic hydroxyl groups is 1. The van der Waals surface area contributed by atoms with Gasteiger partial charge in [-0.15, -0.1) is 0 Å². The van der Waals surface area contributed by atoms with E-state index in [9.17, 15) is 9.90 Å². The van der Waals surface area contributed by atoms with Gasteiger partial charge in [-0.05, 0) is 25.0 Å². The number of piperidine rings is 1. The molecule has 126 valence electrons. The van der Waals surface area contributed by atoms with E-state index >= 15 is 0 Å². The van der Waals surface area contributed by atoms with E-state index < -0.39 is 0 Å². The van der Waals surface area contributed by atoms with Crippen molar-refractivity contribution >= 4 is 38.7 Å². The number of pyridine rings is 2. The molecule has 5 rings (SSSR count). The van der Waals surface area contributed by atoms with Crippen LogP contribution in [0.4, 0.5) is 6.01 Å². The Kier molecular flexibility index (Phi) is 3.05. The first kappa shape index (κ1) is 14.4. The third-order valence-corrected chi connectivity index (χ3v) is 4.90. The highest BCUT2D eigenvalue weighted by molar-refractivity contribution is 6.22. The maximum atomic E-state index is 12.4. The maximum absolute atomic E-state index is 12.4. The van der Waals surface area contributed by atoms with Gasteiger partial charge in [0.2, 0.25) is 0 Å². The number of aliphatic hydroxyl groups excluding tert-OH is 1. The molecule has 0 saturated carbocycles. The smallest absolute Gasteiger partial charge is 0.298 e. The molecule has 3 aromatic heterocycles. The normalized spacial score (nSPS) is 16.3. The van der Waals surface area contributed by atoms with E-state index in [4.69, 9.17) is 9.40 Å². The van der Waals surface area contributed by atoms with Gasteiger partial charge in [0.15, 0.2) is 5.58 Å². The standard InChI is InChI=1S/C18H16N4O3/c23-10-3-7-22(8-4-10)18-21-15-11-1-5-19-9-13(11)14-12(16(15)25-18)2-6-20-17(14)24/h1-2,5-6,9-10,23H,3-4,7-8H2,(H,20,24). The van der Waals surface area contributed by atoms with E-state index in [0.717, 1.165) is 21.7 Å². The highest BCUT2D eigenvalue weighted by atomic mass is 16.4. The minimum atomic E-state index is -0.257. The number of benzene rings is 1. The van der Waals surface area contributed by atoms with Crippen molar-refractivity contribution in [2.45, 2.75) is 18.9 Å². The van der Waals surface area contributed by atoms with E-state index in [1.807, 2.05) is 17.0 Å². The summed E-state index contributed by atoms with van der Waals surface area (Å²) < 4.78 is 6.08. The van der Waals surface area contributed by atoms with Crippen LogP contribution in [0, 0.1) is 0 Å². The van der Waals surface area contributed by atoms with Gasteiger partial charge in [-0.1, -0.05) is 0 Å². The Morgan fingerprint density at radius 3 is 2.88 bits per heavy atom. The molecule has 4 heterocycles. The molecule has 0 aliphatic carbocycles. The fourth-order valence-electron chi connectivity index (χ4n) is 3.60. The first-order valence-corrected chi connectivity index (χ1v) is 8.33. The Morgan fingerprint density at radius 2 is 2.04 bits per heavy atom. The van der Waals surface area contributed by atoms with Crippen LogP contribution in [0.25, 0.3) is 32.6 Å². The molecule has 0 atom stereocenters. The van der Waals surface area contributed by atoms with Crippen molar-refractivity contribution < 1.29 is 9.52 Å². The van der Waals surface area contributed by atoms with Crippen LogP contribution in [0.3, 0.4) is 0 Å². The van der Waals surface area contributed by atoms with E-state index in [0.29, 0.717) is 42.9 Å². The van der Waals surface area contributed by atoms with Crippen LogP contribution < -0.4 is 10.5 Å². The SMILES string of the molecule is O=c1[nH]ccc2c3oc(N4CCC(O)CC4)nc3c3ccncc3c12. The zero-order chi connectivity index (χ0) is 17.0. The number of nitrogens with one attached hydrogen (secondary N) is 1. The molecule has 2 N–H and O–H groups in total. The van der Waals surface area contributed by atoms with Crippen LogP contribution in [0.1, 0.15) is 12.8 Å². The summed E-state index contributed by atoms with van der Waals surface area (Å²) in [5.41, 5.74) is 1.17. The number of aromatic nitrogens is 3. The molecule has 0 bridgehead atoms. The zero-order valence-corrected chi connectivity index (χ0v) is 13.4. The lowest BCUT2D eigenvalue weighted by Crippen LogP contribution is -2.35. The Hall–Kier alpha value is -2.93. The summed E-state index contributed by atoms with van der Waals surface area (Å²) in [5.74, 6) is 0. The van der Waals surface area contributed by atoms with Crippen LogP contribution >= 0.6 is 0 Å². The van der Waals surface area contributed by atoms with E-state index in [1.165, 1.54) is 0 Å². The van der Waals surface area contributed by atoms with Crippen molar-refractivity contribution in [3.8, 4) is 0 Å². The van der Waals surface area contributed by atoms with E-state index in [2.05, 4.69) is 9.97 Å². The highest BCUT2D eigenvalue weighted by Crippen LogP contribution is 2.35. The average Bonchev–Trinajstić information content (AvgIpc) is 3.08. The largest absolute Gasteiger partial charge is 0.423 e. The number of oxazole rings is 1. The third-order valence-electron chi connectivity index (χ3n) is 4.90. The lowest BCUT2D eigenvalue weighted by atomic mass is 10.0. The Morgan fingerprint density at radius 1 is 1.20 bits per heavy atom. The molecular formula is C18H16N4O3. The molecule has 4 aromatic rings. The van der Waals surface area contributed by atoms with Gasteiger partial charge in [-0.25, -0.2) is 0 Å². The molecule has 0 spiro atoms. The quantitative estimate of drug-likeness (QED) is 0.517. The van der Waals surface area contributed by atoms with E-state index in [-0.39, 0.29) is 11.7 Å². The molecule has 1 fully saturated rings. The molecule has 1 aromatic carbocycles. The molecule has 0 radical (unpaired) electrons. The van der Waals surface area contributed by atoms with Crippen LogP contribution in [0.5, 0.6) is 0 Å². The van der Waals surface area contributed by atoms with Crippen LogP contribution in [0.15, 0.2) is 39.9 Å². The van der Waals surface area contributed by atoms with E-state index in [1.54, 1.807) is 18.6 Å². The molecule has 25 heavy (non-hydrogen) atoms. The molecular weight excluding hydrogens is 320 g/mol. The number of hydrogen-bond donors (Lipinski definition) is 2. The van der Waals surface area contributed by atoms with Gasteiger partial charge < -0.3 is 19.4 Å². The van der Waals surface area contributed by atoms with Gasteiger partial charge in [-0.2, -0.15) is 4.98 Å². The summed E-state index contributed by atoms with van der Waals surface area (Å²) in [4.78, 5) is 26.0. The minimum Gasteiger partial charge on any atom is -0.423 e. The number of H-pyrrole nitrogens is 1. The molecule has 1 saturated heterocycles. The van der Waals surface area contributed by atoms with Gasteiger partial charge in [0, 0.05) is 47.8 Å². The van der Waals surface area contributed by atoms with Gasteiger partial charge in [0.05, 0.1) is 11.5 Å². The number of hydrogen-bond acceptors (Lipinski definition) is 6. The van der Waals surface area contributed by atoms with Crippen molar-refractivity contribution in [2.24, 2.45) is 0 Å². The number of nitrogens with zero attached hydrogens (tertiary/aromatic N) is 3. The van der Waals surface area contributed by atoms with Gasteiger partial charge >= 0.3 is 0 Å². The van der Waals surface area contributed by atoms with Gasteiger partial charge in [-0.3, -0.25) is 9.78 Å². The Bertz CT molecular complexity index is 1160. The first-order chi connectivity index (χ1) is 12.2. The topological polar surface area (TPSA) is 95.2 Å². The summed E-state index contributed by atoms with van der Waals surface area (Å²) >= 11 is 0. The monoisotopic (exact) mass is 336 g/mol. The molecule has 0 amide bonds. The number of rotatable bonds is 1. The first-order valence-electron chi connectivity index (χ1n) is 8.33. The zero-order valence-electron chi connectivity index (χ0n) is 13.4. The summed E-state index contributed by atoms with van der Waals surface area (Å²) in [7, 11) is 0. The second-order valence-corrected chi connectivity index (χ2v) is 6.41. The van der Waals surface area contributed by atoms with Crippen molar-refractivity contribution in [3.63, 3.8) is 0 Å². The molecule has 7 heteroatoms. The molecule has 0 unspecified atom stereocenters. The Labute approximate surface area is 141 Å². The predicted octanol–water partition coefficient (Wildman–Crippen LogP) is 2.18. The number of aromatic amines is 1. The van der Waals surface area contributed by atoms with Crippen molar-refractivity contribution in [3.05, 3.63) is 41.1 Å². The van der Waals surface area contributed by atoms with Crippen LogP contribution in [-0.2, 0) is 0 Å². The molecule has 1 aliphatic heterocycles. The number of anilines is 1. The second kappa shape index (κ2) is 5.29.